The Morgan fingerprint density at radius 3 is 2.28 bits per heavy atom. The van der Waals surface area contributed by atoms with E-state index in [0.717, 1.165) is 44.7 Å². The van der Waals surface area contributed by atoms with Gasteiger partial charge in [-0.15, -0.1) is 0 Å². The van der Waals surface area contributed by atoms with E-state index in [9.17, 15) is 4.79 Å². The summed E-state index contributed by atoms with van der Waals surface area (Å²) in [5.41, 5.74) is 6.52. The van der Waals surface area contributed by atoms with Crippen LogP contribution in [0.4, 0.5) is 0 Å². The second-order valence-corrected chi connectivity index (χ2v) is 6.04. The van der Waals surface area contributed by atoms with Gasteiger partial charge in [-0.25, -0.2) is 0 Å². The van der Waals surface area contributed by atoms with Crippen molar-refractivity contribution in [2.75, 3.05) is 54.1 Å². The summed E-state index contributed by atoms with van der Waals surface area (Å²) < 4.78 is 16.3. The third-order valence-corrected chi connectivity index (χ3v) is 4.50. The van der Waals surface area contributed by atoms with Gasteiger partial charge >= 0.3 is 0 Å². The average molecular weight is 351 g/mol. The molecule has 1 aliphatic rings. The van der Waals surface area contributed by atoms with Crippen molar-refractivity contribution in [3.8, 4) is 17.2 Å². The molecule has 2 rings (SSSR count). The Balaban J connectivity index is 1.99. The molecule has 0 aliphatic carbocycles. The molecule has 140 valence electrons. The highest BCUT2D eigenvalue weighted by atomic mass is 16.5. The van der Waals surface area contributed by atoms with Crippen LogP contribution in [0.25, 0.3) is 0 Å². The molecule has 0 bridgehead atoms. The van der Waals surface area contributed by atoms with E-state index in [1.54, 1.807) is 21.3 Å². The predicted molar refractivity (Wildman–Crippen MR) is 96.2 cm³/mol. The van der Waals surface area contributed by atoms with Crippen LogP contribution >= 0.6 is 0 Å². The summed E-state index contributed by atoms with van der Waals surface area (Å²) in [6.07, 6.45) is 1.29. The Morgan fingerprint density at radius 2 is 1.72 bits per heavy atom. The number of rotatable bonds is 8. The highest BCUT2D eigenvalue weighted by molar-refractivity contribution is 5.76. The minimum atomic E-state index is 0.203. The van der Waals surface area contributed by atoms with Gasteiger partial charge in [0.2, 0.25) is 11.7 Å². The van der Waals surface area contributed by atoms with Gasteiger partial charge in [-0.05, 0) is 19.0 Å². The molecule has 0 unspecified atom stereocenters. The van der Waals surface area contributed by atoms with Crippen LogP contribution in [0.2, 0.25) is 0 Å². The Morgan fingerprint density at radius 1 is 1.04 bits per heavy atom. The smallest absolute Gasteiger partial charge is 0.222 e. The first kappa shape index (κ1) is 19.3. The largest absolute Gasteiger partial charge is 0.493 e. The van der Waals surface area contributed by atoms with Gasteiger partial charge < -0.3 is 24.8 Å². The fraction of sp³-hybridized carbons (Fsp3) is 0.611. The molecule has 1 amide bonds. The van der Waals surface area contributed by atoms with Crippen molar-refractivity contribution in [1.29, 1.82) is 0 Å². The van der Waals surface area contributed by atoms with Crippen molar-refractivity contribution in [1.82, 2.24) is 9.80 Å². The Labute approximate surface area is 149 Å². The molecule has 0 aromatic heterocycles. The van der Waals surface area contributed by atoms with Crippen molar-refractivity contribution in [2.45, 2.75) is 19.4 Å². The molecular formula is C18H29N3O4. The quantitative estimate of drug-likeness (QED) is 0.756. The summed E-state index contributed by atoms with van der Waals surface area (Å²) in [6, 6.07) is 3.89. The normalized spacial score (nSPS) is 15.1. The van der Waals surface area contributed by atoms with Crippen LogP contribution in [0.3, 0.4) is 0 Å². The van der Waals surface area contributed by atoms with Crippen LogP contribution in [-0.4, -0.2) is 69.8 Å². The summed E-state index contributed by atoms with van der Waals surface area (Å²) in [7, 11) is 4.85. The van der Waals surface area contributed by atoms with E-state index >= 15 is 0 Å². The van der Waals surface area contributed by atoms with E-state index in [1.807, 2.05) is 17.0 Å². The number of nitrogens with zero attached hydrogens (tertiary/aromatic N) is 2. The zero-order valence-electron chi connectivity index (χ0n) is 15.4. The summed E-state index contributed by atoms with van der Waals surface area (Å²) in [4.78, 5) is 16.3. The van der Waals surface area contributed by atoms with Gasteiger partial charge in [-0.1, -0.05) is 6.07 Å². The number of ether oxygens (including phenoxy) is 3. The Kier molecular flexibility index (Phi) is 7.33. The molecule has 0 radical (unpaired) electrons. The summed E-state index contributed by atoms with van der Waals surface area (Å²) in [5, 5.41) is 0. The molecule has 2 N–H and O–H groups in total. The highest BCUT2D eigenvalue weighted by Gasteiger charge is 2.23. The van der Waals surface area contributed by atoms with Crippen molar-refractivity contribution in [3.63, 3.8) is 0 Å². The second-order valence-electron chi connectivity index (χ2n) is 6.04. The molecule has 0 spiro atoms. The van der Waals surface area contributed by atoms with E-state index < -0.39 is 0 Å². The lowest BCUT2D eigenvalue weighted by atomic mass is 10.1. The molecule has 1 heterocycles. The molecule has 0 saturated carbocycles. The lowest BCUT2D eigenvalue weighted by molar-refractivity contribution is -0.133. The molecule has 7 heteroatoms. The molecule has 1 fully saturated rings. The molecule has 7 nitrogen and oxygen atoms in total. The zero-order valence-corrected chi connectivity index (χ0v) is 15.4. The Hall–Kier alpha value is -1.99. The first-order valence-electron chi connectivity index (χ1n) is 8.62. The third kappa shape index (κ3) is 4.76. The maximum absolute atomic E-state index is 12.1. The standard InChI is InChI=1S/C18H29N3O4/c1-23-15-7-6-14(17(24-2)18(15)25-3)13-20-9-11-21(12-10-20)16(22)5-4-8-19/h6-7H,4-5,8-13,19H2,1-3H3. The van der Waals surface area contributed by atoms with E-state index in [-0.39, 0.29) is 5.91 Å². The average Bonchev–Trinajstić information content (AvgIpc) is 2.66. The van der Waals surface area contributed by atoms with Gasteiger partial charge in [0, 0.05) is 44.7 Å². The van der Waals surface area contributed by atoms with Crippen LogP contribution in [0.1, 0.15) is 18.4 Å². The maximum atomic E-state index is 12.1. The lowest BCUT2D eigenvalue weighted by Crippen LogP contribution is -2.48. The SMILES string of the molecule is COc1ccc(CN2CCN(C(=O)CCCN)CC2)c(OC)c1OC. The first-order valence-corrected chi connectivity index (χ1v) is 8.62. The number of piperazine rings is 1. The van der Waals surface area contributed by atoms with Gasteiger partial charge in [0.05, 0.1) is 21.3 Å². The van der Waals surface area contributed by atoms with Crippen LogP contribution in [0, 0.1) is 0 Å². The Bertz CT molecular complexity index is 572. The number of carbonyl (C=O) groups is 1. The molecule has 25 heavy (non-hydrogen) atoms. The molecule has 0 atom stereocenters. The number of amides is 1. The third-order valence-electron chi connectivity index (χ3n) is 4.50. The minimum Gasteiger partial charge on any atom is -0.493 e. The van der Waals surface area contributed by atoms with E-state index in [1.165, 1.54) is 0 Å². The lowest BCUT2D eigenvalue weighted by Gasteiger charge is -2.35. The number of hydrogen-bond donors (Lipinski definition) is 1. The van der Waals surface area contributed by atoms with Gasteiger partial charge in [0.25, 0.3) is 0 Å². The van der Waals surface area contributed by atoms with Crippen LogP contribution in [0.15, 0.2) is 12.1 Å². The predicted octanol–water partition coefficient (Wildman–Crippen LogP) is 1.10. The topological polar surface area (TPSA) is 77.3 Å². The van der Waals surface area contributed by atoms with Crippen LogP contribution in [0.5, 0.6) is 17.2 Å². The van der Waals surface area contributed by atoms with Gasteiger partial charge in [-0.2, -0.15) is 0 Å². The van der Waals surface area contributed by atoms with Crippen LogP contribution in [-0.2, 0) is 11.3 Å². The number of hydrogen-bond acceptors (Lipinski definition) is 6. The van der Waals surface area contributed by atoms with Crippen LogP contribution < -0.4 is 19.9 Å². The molecule has 1 saturated heterocycles. The maximum Gasteiger partial charge on any atom is 0.222 e. The molecule has 1 aromatic rings. The van der Waals surface area contributed by atoms with Gasteiger partial charge in [0.15, 0.2) is 11.5 Å². The highest BCUT2D eigenvalue weighted by Crippen LogP contribution is 2.40. The second kappa shape index (κ2) is 9.48. The van der Waals surface area contributed by atoms with Gasteiger partial charge in [-0.3, -0.25) is 9.69 Å². The number of methoxy groups -OCH3 is 3. The van der Waals surface area contributed by atoms with Gasteiger partial charge in [0.1, 0.15) is 0 Å². The molecular weight excluding hydrogens is 322 g/mol. The minimum absolute atomic E-state index is 0.203. The monoisotopic (exact) mass is 351 g/mol. The molecule has 1 aromatic carbocycles. The first-order chi connectivity index (χ1) is 12.1. The van der Waals surface area contributed by atoms with Crippen molar-refractivity contribution < 1.29 is 19.0 Å². The van der Waals surface area contributed by atoms with E-state index in [4.69, 9.17) is 19.9 Å². The van der Waals surface area contributed by atoms with Crippen molar-refractivity contribution >= 4 is 5.91 Å². The number of nitrogens with two attached hydrogens (primary N) is 1. The molecule has 1 aliphatic heterocycles. The van der Waals surface area contributed by atoms with Crippen molar-refractivity contribution in [2.24, 2.45) is 5.73 Å². The fourth-order valence-electron chi connectivity index (χ4n) is 3.10. The fourth-order valence-corrected chi connectivity index (χ4v) is 3.10. The van der Waals surface area contributed by atoms with E-state index in [0.29, 0.717) is 30.2 Å². The van der Waals surface area contributed by atoms with Crippen molar-refractivity contribution in [3.05, 3.63) is 17.7 Å². The summed E-state index contributed by atoms with van der Waals surface area (Å²) >= 11 is 0. The zero-order chi connectivity index (χ0) is 18.2. The summed E-state index contributed by atoms with van der Waals surface area (Å²) in [6.45, 7) is 4.48. The van der Waals surface area contributed by atoms with E-state index in [2.05, 4.69) is 4.90 Å². The number of benzene rings is 1. The summed E-state index contributed by atoms with van der Waals surface area (Å²) in [5.74, 6) is 2.16. The number of carbonyl (C=O) groups excluding carboxylic acids is 1.